The first-order valence-electron chi connectivity index (χ1n) is 13.1. The van der Waals surface area contributed by atoms with E-state index in [1.807, 2.05) is 18.2 Å². The Morgan fingerprint density at radius 1 is 1.03 bits per heavy atom. The zero-order valence-corrected chi connectivity index (χ0v) is 21.0. The van der Waals surface area contributed by atoms with Crippen molar-refractivity contribution in [2.45, 2.75) is 109 Å². The van der Waals surface area contributed by atoms with Gasteiger partial charge in [-0.3, -0.25) is 10.1 Å². The minimum Gasteiger partial charge on any atom is -0.443 e. The van der Waals surface area contributed by atoms with Crippen LogP contribution in [0, 0.1) is 5.92 Å². The number of hydrogen-bond donors (Lipinski definition) is 2. The maximum Gasteiger partial charge on any atom is 0.411 e. The fourth-order valence-electron chi connectivity index (χ4n) is 4.48. The van der Waals surface area contributed by atoms with Crippen LogP contribution in [0.25, 0.3) is 0 Å². The summed E-state index contributed by atoms with van der Waals surface area (Å²) in [6, 6.07) is 9.17. The van der Waals surface area contributed by atoms with E-state index in [0.717, 1.165) is 32.1 Å². The molecule has 3 unspecified atom stereocenters. The molecule has 2 N–H and O–H groups in total. The van der Waals surface area contributed by atoms with Gasteiger partial charge in [-0.25, -0.2) is 4.79 Å². The average Bonchev–Trinajstić information content (AvgIpc) is 3.24. The Balaban J connectivity index is 2.04. The normalized spacial score (nSPS) is 17.7. The molecule has 0 fully saturated rings. The molecule has 34 heavy (non-hydrogen) atoms. The SMILES string of the molecule is CCCCCCCCC(O)(CCCC)C(CCCC1C=COC1=O)OC(=O)Nc1ccccc1. The van der Waals surface area contributed by atoms with Gasteiger partial charge in [0.05, 0.1) is 12.2 Å². The highest BCUT2D eigenvalue weighted by atomic mass is 16.6. The number of carbonyl (C=O) groups excluding carboxylic acids is 2. The van der Waals surface area contributed by atoms with E-state index < -0.39 is 17.8 Å². The first kappa shape index (κ1) is 27.9. The number of unbranched alkanes of at least 4 members (excludes halogenated alkanes) is 6. The summed E-state index contributed by atoms with van der Waals surface area (Å²) in [5, 5.41) is 14.5. The number of carbonyl (C=O) groups is 2. The number of para-hydroxylation sites is 1. The summed E-state index contributed by atoms with van der Waals surface area (Å²) >= 11 is 0. The molecule has 3 atom stereocenters. The maximum atomic E-state index is 12.7. The lowest BCUT2D eigenvalue weighted by Crippen LogP contribution is -2.46. The zero-order valence-electron chi connectivity index (χ0n) is 21.0. The van der Waals surface area contributed by atoms with E-state index in [1.165, 1.54) is 25.5 Å². The third-order valence-corrected chi connectivity index (χ3v) is 6.57. The molecule has 0 spiro atoms. The smallest absolute Gasteiger partial charge is 0.411 e. The summed E-state index contributed by atoms with van der Waals surface area (Å²) in [6.07, 6.45) is 13.6. The first-order chi connectivity index (χ1) is 16.5. The number of nitrogens with one attached hydrogen (secondary N) is 1. The number of amides is 1. The number of anilines is 1. The molecule has 1 heterocycles. The third-order valence-electron chi connectivity index (χ3n) is 6.57. The Bertz CT molecular complexity index is 750. The number of cyclic esters (lactones) is 1. The number of esters is 1. The topological polar surface area (TPSA) is 84.9 Å². The average molecular weight is 474 g/mol. The number of hydrogen-bond acceptors (Lipinski definition) is 5. The molecule has 1 aliphatic rings. The molecular formula is C28H43NO5. The van der Waals surface area contributed by atoms with Crippen molar-refractivity contribution in [3.05, 3.63) is 42.7 Å². The van der Waals surface area contributed by atoms with Gasteiger partial charge in [0.25, 0.3) is 0 Å². The lowest BCUT2D eigenvalue weighted by atomic mass is 9.82. The van der Waals surface area contributed by atoms with Crippen molar-refractivity contribution in [1.82, 2.24) is 0 Å². The Kier molecular flexibility index (Phi) is 12.8. The summed E-state index contributed by atoms with van der Waals surface area (Å²) in [5.41, 5.74) is -0.431. The van der Waals surface area contributed by atoms with Gasteiger partial charge in [-0.05, 0) is 50.3 Å². The molecule has 0 radical (unpaired) electrons. The summed E-state index contributed by atoms with van der Waals surface area (Å²) in [6.45, 7) is 4.30. The standard InChI is InChI=1S/C28H43NO5/c1-3-5-7-8-9-13-21-28(32,20-6-4-2)25(18-14-15-23-19-22-33-26(23)30)34-27(31)29-24-16-11-10-12-17-24/h10-12,16-17,19,22-23,25,32H,3-9,13-15,18,20-21H2,1-2H3,(H,29,31). The van der Waals surface area contributed by atoms with Gasteiger partial charge < -0.3 is 14.6 Å². The van der Waals surface area contributed by atoms with Gasteiger partial charge in [0.1, 0.15) is 11.7 Å². The molecular weight excluding hydrogens is 430 g/mol. The van der Waals surface area contributed by atoms with Crippen molar-refractivity contribution in [3.63, 3.8) is 0 Å². The van der Waals surface area contributed by atoms with Gasteiger partial charge in [-0.1, -0.05) is 83.4 Å². The van der Waals surface area contributed by atoms with Crippen LogP contribution in [0.3, 0.4) is 0 Å². The van der Waals surface area contributed by atoms with Gasteiger partial charge in [0.2, 0.25) is 0 Å². The molecule has 6 heteroatoms. The highest BCUT2D eigenvalue weighted by molar-refractivity contribution is 5.84. The zero-order chi connectivity index (χ0) is 24.7. The highest BCUT2D eigenvalue weighted by Gasteiger charge is 2.38. The van der Waals surface area contributed by atoms with Gasteiger partial charge in [-0.15, -0.1) is 0 Å². The fraction of sp³-hybridized carbons (Fsp3) is 0.643. The molecule has 2 rings (SSSR count). The van der Waals surface area contributed by atoms with E-state index in [9.17, 15) is 14.7 Å². The minimum absolute atomic E-state index is 0.243. The summed E-state index contributed by atoms with van der Waals surface area (Å²) in [7, 11) is 0. The quantitative estimate of drug-likeness (QED) is 0.186. The van der Waals surface area contributed by atoms with Crippen LogP contribution < -0.4 is 5.32 Å². The van der Waals surface area contributed by atoms with E-state index >= 15 is 0 Å². The Morgan fingerprint density at radius 2 is 1.71 bits per heavy atom. The van der Waals surface area contributed by atoms with E-state index in [-0.39, 0.29) is 11.9 Å². The van der Waals surface area contributed by atoms with Gasteiger partial charge >= 0.3 is 12.1 Å². The minimum atomic E-state index is -1.08. The van der Waals surface area contributed by atoms with Crippen molar-refractivity contribution < 1.29 is 24.2 Å². The predicted molar refractivity (Wildman–Crippen MR) is 135 cm³/mol. The van der Waals surface area contributed by atoms with Crippen LogP contribution in [0.5, 0.6) is 0 Å². The molecule has 1 aromatic carbocycles. The number of aliphatic hydroxyl groups is 1. The number of benzene rings is 1. The van der Waals surface area contributed by atoms with Crippen LogP contribution in [0.2, 0.25) is 0 Å². The van der Waals surface area contributed by atoms with E-state index in [0.29, 0.717) is 37.8 Å². The first-order valence-corrected chi connectivity index (χ1v) is 13.1. The molecule has 0 aromatic heterocycles. The summed E-state index contributed by atoms with van der Waals surface area (Å²) < 4.78 is 10.8. The Hall–Kier alpha value is -2.34. The number of rotatable bonds is 17. The highest BCUT2D eigenvalue weighted by Crippen LogP contribution is 2.32. The van der Waals surface area contributed by atoms with Crippen molar-refractivity contribution in [3.8, 4) is 0 Å². The van der Waals surface area contributed by atoms with Crippen molar-refractivity contribution in [2.75, 3.05) is 5.32 Å². The van der Waals surface area contributed by atoms with Crippen LogP contribution in [-0.4, -0.2) is 28.9 Å². The predicted octanol–water partition coefficient (Wildman–Crippen LogP) is 7.13. The van der Waals surface area contributed by atoms with Crippen LogP contribution in [0.4, 0.5) is 10.5 Å². The fourth-order valence-corrected chi connectivity index (χ4v) is 4.48. The number of ether oxygens (including phenoxy) is 2. The Labute approximate surface area is 205 Å². The molecule has 0 saturated carbocycles. The van der Waals surface area contributed by atoms with Crippen molar-refractivity contribution >= 4 is 17.7 Å². The molecule has 190 valence electrons. The van der Waals surface area contributed by atoms with E-state index in [2.05, 4.69) is 19.2 Å². The monoisotopic (exact) mass is 473 g/mol. The molecule has 0 aliphatic carbocycles. The van der Waals surface area contributed by atoms with Gasteiger partial charge in [0, 0.05) is 5.69 Å². The van der Waals surface area contributed by atoms with Crippen LogP contribution in [0.1, 0.15) is 97.3 Å². The Morgan fingerprint density at radius 3 is 2.38 bits per heavy atom. The van der Waals surface area contributed by atoms with Crippen LogP contribution in [0.15, 0.2) is 42.7 Å². The second-order valence-corrected chi connectivity index (χ2v) is 9.41. The molecule has 1 aliphatic heterocycles. The lowest BCUT2D eigenvalue weighted by molar-refractivity contribution is -0.139. The second kappa shape index (κ2) is 15.5. The summed E-state index contributed by atoms with van der Waals surface area (Å²) in [4.78, 5) is 24.5. The van der Waals surface area contributed by atoms with Crippen LogP contribution in [-0.2, 0) is 14.3 Å². The maximum absolute atomic E-state index is 12.7. The largest absolute Gasteiger partial charge is 0.443 e. The molecule has 1 amide bonds. The third kappa shape index (κ3) is 9.88. The van der Waals surface area contributed by atoms with Crippen LogP contribution >= 0.6 is 0 Å². The molecule has 6 nitrogen and oxygen atoms in total. The van der Waals surface area contributed by atoms with Gasteiger partial charge in [0.15, 0.2) is 0 Å². The molecule has 1 aromatic rings. The van der Waals surface area contributed by atoms with E-state index in [4.69, 9.17) is 9.47 Å². The van der Waals surface area contributed by atoms with Crippen molar-refractivity contribution in [1.29, 1.82) is 0 Å². The van der Waals surface area contributed by atoms with Gasteiger partial charge in [-0.2, -0.15) is 0 Å². The van der Waals surface area contributed by atoms with Crippen molar-refractivity contribution in [2.24, 2.45) is 5.92 Å². The summed E-state index contributed by atoms with van der Waals surface area (Å²) in [5.74, 6) is -0.506. The molecule has 0 saturated heterocycles. The molecule has 0 bridgehead atoms. The second-order valence-electron chi connectivity index (χ2n) is 9.41. The van der Waals surface area contributed by atoms with E-state index in [1.54, 1.807) is 18.2 Å². The lowest BCUT2D eigenvalue weighted by Gasteiger charge is -2.36.